The smallest absolute Gasteiger partial charge is 0.162 e. The highest BCUT2D eigenvalue weighted by atomic mass is 32.1. The summed E-state index contributed by atoms with van der Waals surface area (Å²) < 4.78 is 27.8. The van der Waals surface area contributed by atoms with Gasteiger partial charge in [-0.3, -0.25) is 0 Å². The first kappa shape index (κ1) is 13.1. The van der Waals surface area contributed by atoms with E-state index in [4.69, 9.17) is 5.73 Å². The van der Waals surface area contributed by atoms with Crippen LogP contribution in [0.15, 0.2) is 42.5 Å². The topological polar surface area (TPSA) is 38.9 Å². The van der Waals surface area contributed by atoms with E-state index in [0.717, 1.165) is 21.3 Å². The lowest BCUT2D eigenvalue weighted by Crippen LogP contribution is -2.14. The quantitative estimate of drug-likeness (QED) is 0.796. The third-order valence-corrected chi connectivity index (χ3v) is 4.27. The number of aromatic nitrogens is 1. The Bertz CT molecular complexity index is 721. The number of fused-ring (bicyclic) bond motifs is 1. The largest absolute Gasteiger partial charge is 0.322 e. The van der Waals surface area contributed by atoms with Gasteiger partial charge in [-0.1, -0.05) is 24.3 Å². The standard InChI is InChI=1S/C15H12F2N2S/c16-10-5-3-4-9(14(10)17)8-11(18)15-19-12-6-1-2-7-13(12)20-15/h1-7,11H,8,18H2. The fourth-order valence-corrected chi connectivity index (χ4v) is 3.05. The molecule has 0 aliphatic rings. The Hall–Kier alpha value is -1.85. The molecule has 20 heavy (non-hydrogen) atoms. The van der Waals surface area contributed by atoms with E-state index in [1.165, 1.54) is 17.4 Å². The van der Waals surface area contributed by atoms with Crippen molar-refractivity contribution in [2.24, 2.45) is 5.73 Å². The Morgan fingerprint density at radius 1 is 1.10 bits per heavy atom. The van der Waals surface area contributed by atoms with Gasteiger partial charge in [0.1, 0.15) is 5.01 Å². The van der Waals surface area contributed by atoms with E-state index in [0.29, 0.717) is 0 Å². The van der Waals surface area contributed by atoms with Crippen LogP contribution in [0.4, 0.5) is 8.78 Å². The zero-order valence-corrected chi connectivity index (χ0v) is 11.3. The molecule has 0 radical (unpaired) electrons. The summed E-state index contributed by atoms with van der Waals surface area (Å²) in [5, 5.41) is 0.731. The summed E-state index contributed by atoms with van der Waals surface area (Å²) in [4.78, 5) is 4.44. The molecule has 0 amide bonds. The fourth-order valence-electron chi connectivity index (χ4n) is 2.08. The van der Waals surface area contributed by atoms with E-state index in [-0.39, 0.29) is 12.0 Å². The van der Waals surface area contributed by atoms with E-state index >= 15 is 0 Å². The fraction of sp³-hybridized carbons (Fsp3) is 0.133. The highest BCUT2D eigenvalue weighted by molar-refractivity contribution is 7.18. The van der Waals surface area contributed by atoms with Crippen LogP contribution in [0.5, 0.6) is 0 Å². The minimum atomic E-state index is -0.848. The van der Waals surface area contributed by atoms with Gasteiger partial charge in [0.05, 0.1) is 16.3 Å². The molecule has 1 heterocycles. The van der Waals surface area contributed by atoms with Crippen molar-refractivity contribution in [3.63, 3.8) is 0 Å². The van der Waals surface area contributed by atoms with Crippen LogP contribution in [0.25, 0.3) is 10.2 Å². The van der Waals surface area contributed by atoms with Crippen molar-refractivity contribution in [2.75, 3.05) is 0 Å². The normalized spacial score (nSPS) is 12.8. The van der Waals surface area contributed by atoms with Crippen molar-refractivity contribution in [3.8, 4) is 0 Å². The van der Waals surface area contributed by atoms with Gasteiger partial charge in [0.15, 0.2) is 11.6 Å². The molecule has 0 saturated heterocycles. The number of rotatable bonds is 3. The number of hydrogen-bond acceptors (Lipinski definition) is 3. The molecule has 2 N–H and O–H groups in total. The summed E-state index contributed by atoms with van der Waals surface area (Å²) >= 11 is 1.48. The average molecular weight is 290 g/mol. The second-order valence-corrected chi connectivity index (χ2v) is 5.61. The van der Waals surface area contributed by atoms with E-state index in [1.807, 2.05) is 24.3 Å². The Labute approximate surface area is 118 Å². The van der Waals surface area contributed by atoms with Crippen LogP contribution in [0.1, 0.15) is 16.6 Å². The van der Waals surface area contributed by atoms with Gasteiger partial charge in [0.2, 0.25) is 0 Å². The third kappa shape index (κ3) is 2.42. The predicted molar refractivity (Wildman–Crippen MR) is 76.6 cm³/mol. The molecule has 102 valence electrons. The third-order valence-electron chi connectivity index (χ3n) is 3.10. The highest BCUT2D eigenvalue weighted by Crippen LogP contribution is 2.27. The van der Waals surface area contributed by atoms with Crippen molar-refractivity contribution in [1.82, 2.24) is 4.98 Å². The number of thiazole rings is 1. The van der Waals surface area contributed by atoms with Crippen molar-refractivity contribution in [2.45, 2.75) is 12.5 Å². The zero-order valence-electron chi connectivity index (χ0n) is 10.5. The number of para-hydroxylation sites is 1. The predicted octanol–water partition coefficient (Wildman–Crippen LogP) is 3.82. The summed E-state index contributed by atoms with van der Waals surface area (Å²) in [6.07, 6.45) is 0.226. The lowest BCUT2D eigenvalue weighted by molar-refractivity contribution is 0.494. The molecule has 0 bridgehead atoms. The maximum atomic E-state index is 13.6. The Kier molecular flexibility index (Phi) is 3.46. The molecular weight excluding hydrogens is 278 g/mol. The number of halogens is 2. The first-order valence-corrected chi connectivity index (χ1v) is 7.01. The lowest BCUT2D eigenvalue weighted by Gasteiger charge is -2.09. The molecule has 1 atom stereocenters. The lowest BCUT2D eigenvalue weighted by atomic mass is 10.1. The molecular formula is C15H12F2N2S. The van der Waals surface area contributed by atoms with Gasteiger partial charge in [-0.2, -0.15) is 0 Å². The highest BCUT2D eigenvalue weighted by Gasteiger charge is 2.16. The van der Waals surface area contributed by atoms with Gasteiger partial charge in [-0.15, -0.1) is 11.3 Å². The Balaban J connectivity index is 1.89. The second-order valence-electron chi connectivity index (χ2n) is 4.54. The number of nitrogens with zero attached hydrogens (tertiary/aromatic N) is 1. The van der Waals surface area contributed by atoms with E-state index in [1.54, 1.807) is 6.07 Å². The van der Waals surface area contributed by atoms with Gasteiger partial charge in [0, 0.05) is 0 Å². The SMILES string of the molecule is NC(Cc1cccc(F)c1F)c1nc2ccccc2s1. The first-order chi connectivity index (χ1) is 9.65. The maximum Gasteiger partial charge on any atom is 0.162 e. The van der Waals surface area contributed by atoms with Crippen molar-refractivity contribution >= 4 is 21.6 Å². The molecule has 5 heteroatoms. The summed E-state index contributed by atoms with van der Waals surface area (Å²) in [5.74, 6) is -1.68. The van der Waals surface area contributed by atoms with Gasteiger partial charge < -0.3 is 5.73 Å². The molecule has 3 aromatic rings. The average Bonchev–Trinajstić information content (AvgIpc) is 2.88. The Morgan fingerprint density at radius 3 is 2.70 bits per heavy atom. The molecule has 0 saturated carbocycles. The van der Waals surface area contributed by atoms with E-state index in [2.05, 4.69) is 4.98 Å². The van der Waals surface area contributed by atoms with Crippen LogP contribution in [-0.2, 0) is 6.42 Å². The molecule has 1 aromatic heterocycles. The molecule has 2 nitrogen and oxygen atoms in total. The Morgan fingerprint density at radius 2 is 1.90 bits per heavy atom. The number of hydrogen-bond donors (Lipinski definition) is 1. The molecule has 0 spiro atoms. The van der Waals surface area contributed by atoms with Gasteiger partial charge >= 0.3 is 0 Å². The monoisotopic (exact) mass is 290 g/mol. The van der Waals surface area contributed by atoms with Crippen LogP contribution >= 0.6 is 11.3 Å². The second kappa shape index (κ2) is 5.26. The van der Waals surface area contributed by atoms with Crippen molar-refractivity contribution < 1.29 is 8.78 Å². The molecule has 1 unspecified atom stereocenters. The zero-order chi connectivity index (χ0) is 14.1. The van der Waals surface area contributed by atoms with E-state index in [9.17, 15) is 8.78 Å². The van der Waals surface area contributed by atoms with Crippen LogP contribution in [0.2, 0.25) is 0 Å². The van der Waals surface area contributed by atoms with Gasteiger partial charge in [-0.25, -0.2) is 13.8 Å². The molecule has 2 aromatic carbocycles. The maximum absolute atomic E-state index is 13.6. The summed E-state index contributed by atoms with van der Waals surface area (Å²) in [7, 11) is 0. The minimum absolute atomic E-state index is 0.226. The molecule has 0 aliphatic heterocycles. The van der Waals surface area contributed by atoms with Crippen molar-refractivity contribution in [1.29, 1.82) is 0 Å². The number of nitrogens with two attached hydrogens (primary N) is 1. The van der Waals surface area contributed by atoms with Crippen LogP contribution in [0, 0.1) is 11.6 Å². The van der Waals surface area contributed by atoms with Crippen LogP contribution in [-0.4, -0.2) is 4.98 Å². The van der Waals surface area contributed by atoms with Gasteiger partial charge in [-0.05, 0) is 30.2 Å². The molecule has 3 rings (SSSR count). The van der Waals surface area contributed by atoms with E-state index < -0.39 is 17.7 Å². The first-order valence-electron chi connectivity index (χ1n) is 6.19. The summed E-state index contributed by atoms with van der Waals surface area (Å²) in [6, 6.07) is 11.4. The summed E-state index contributed by atoms with van der Waals surface area (Å²) in [6.45, 7) is 0. The van der Waals surface area contributed by atoms with Crippen LogP contribution in [0.3, 0.4) is 0 Å². The molecule has 0 fully saturated rings. The molecule has 0 aliphatic carbocycles. The van der Waals surface area contributed by atoms with Crippen molar-refractivity contribution in [3.05, 3.63) is 64.7 Å². The number of benzene rings is 2. The minimum Gasteiger partial charge on any atom is -0.322 e. The van der Waals surface area contributed by atoms with Crippen LogP contribution < -0.4 is 5.73 Å². The summed E-state index contributed by atoms with van der Waals surface area (Å²) in [5.41, 5.74) is 7.22. The van der Waals surface area contributed by atoms with Gasteiger partial charge in [0.25, 0.3) is 0 Å².